The van der Waals surface area contributed by atoms with Crippen molar-refractivity contribution in [2.75, 3.05) is 12.4 Å². The van der Waals surface area contributed by atoms with Gasteiger partial charge in [-0.25, -0.2) is 4.98 Å². The van der Waals surface area contributed by atoms with Gasteiger partial charge in [0.25, 0.3) is 0 Å². The Balaban J connectivity index is 2.84. The fourth-order valence-corrected chi connectivity index (χ4v) is 2.30. The van der Waals surface area contributed by atoms with Crippen LogP contribution in [0.3, 0.4) is 0 Å². The Hall–Kier alpha value is -0.990. The first-order valence-corrected chi connectivity index (χ1v) is 6.17. The Morgan fingerprint density at radius 2 is 1.81 bits per heavy atom. The smallest absolute Gasteiger partial charge is 0.202 e. The van der Waals surface area contributed by atoms with E-state index in [1.165, 1.54) is 0 Å². The summed E-state index contributed by atoms with van der Waals surface area (Å²) in [6.45, 7) is 12.3. The van der Waals surface area contributed by atoms with E-state index in [0.717, 1.165) is 18.2 Å². The molecule has 0 aromatic carbocycles. The molecule has 0 aliphatic rings. The zero-order chi connectivity index (χ0) is 12.3. The van der Waals surface area contributed by atoms with E-state index in [4.69, 9.17) is 0 Å². The molecule has 0 saturated carbocycles. The SMILES string of the molecule is CNc1nc(C)cn1CC(C(C)C)C(C)C. The highest BCUT2D eigenvalue weighted by atomic mass is 15.2. The van der Waals surface area contributed by atoms with Crippen molar-refractivity contribution in [2.45, 2.75) is 41.2 Å². The molecule has 0 radical (unpaired) electrons. The predicted molar refractivity (Wildman–Crippen MR) is 69.7 cm³/mol. The second-order valence-electron chi connectivity index (χ2n) is 5.26. The summed E-state index contributed by atoms with van der Waals surface area (Å²) in [4.78, 5) is 4.45. The number of hydrogen-bond acceptors (Lipinski definition) is 2. The maximum Gasteiger partial charge on any atom is 0.202 e. The van der Waals surface area contributed by atoms with Crippen molar-refractivity contribution in [3.05, 3.63) is 11.9 Å². The van der Waals surface area contributed by atoms with E-state index in [0.29, 0.717) is 17.8 Å². The van der Waals surface area contributed by atoms with Crippen LogP contribution in [-0.2, 0) is 6.54 Å². The third-order valence-corrected chi connectivity index (χ3v) is 3.24. The average Bonchev–Trinajstić information content (AvgIpc) is 2.54. The van der Waals surface area contributed by atoms with E-state index in [-0.39, 0.29) is 0 Å². The normalized spacial score (nSPS) is 11.8. The molecule has 3 heteroatoms. The second-order valence-corrected chi connectivity index (χ2v) is 5.26. The molecule has 3 nitrogen and oxygen atoms in total. The van der Waals surface area contributed by atoms with Crippen LogP contribution in [0.1, 0.15) is 33.4 Å². The number of nitrogens with zero attached hydrogens (tertiary/aromatic N) is 2. The number of aromatic nitrogens is 2. The summed E-state index contributed by atoms with van der Waals surface area (Å²) < 4.78 is 2.24. The maximum atomic E-state index is 4.45. The van der Waals surface area contributed by atoms with Gasteiger partial charge < -0.3 is 9.88 Å². The van der Waals surface area contributed by atoms with Crippen LogP contribution in [0.2, 0.25) is 0 Å². The second kappa shape index (κ2) is 5.37. The van der Waals surface area contributed by atoms with E-state index >= 15 is 0 Å². The molecule has 0 unspecified atom stereocenters. The van der Waals surface area contributed by atoms with Gasteiger partial charge >= 0.3 is 0 Å². The van der Waals surface area contributed by atoms with Crippen LogP contribution in [0.5, 0.6) is 0 Å². The summed E-state index contributed by atoms with van der Waals surface area (Å²) in [6, 6.07) is 0. The molecule has 1 aromatic heterocycles. The Morgan fingerprint density at radius 1 is 1.25 bits per heavy atom. The summed E-state index contributed by atoms with van der Waals surface area (Å²) in [6.07, 6.45) is 2.13. The molecule has 92 valence electrons. The third-order valence-electron chi connectivity index (χ3n) is 3.24. The Labute approximate surface area is 99.3 Å². The lowest BCUT2D eigenvalue weighted by atomic mass is 9.85. The Kier molecular flexibility index (Phi) is 4.39. The molecule has 1 aromatic rings. The molecule has 0 saturated heterocycles. The summed E-state index contributed by atoms with van der Waals surface area (Å²) in [5, 5.41) is 3.15. The van der Waals surface area contributed by atoms with Crippen LogP contribution >= 0.6 is 0 Å². The number of nitrogens with one attached hydrogen (secondary N) is 1. The van der Waals surface area contributed by atoms with Gasteiger partial charge in [-0.15, -0.1) is 0 Å². The molecule has 0 amide bonds. The fourth-order valence-electron chi connectivity index (χ4n) is 2.30. The van der Waals surface area contributed by atoms with E-state index in [2.05, 4.69) is 48.8 Å². The van der Waals surface area contributed by atoms with Gasteiger partial charge in [0.2, 0.25) is 5.95 Å². The molecule has 1 N–H and O–H groups in total. The summed E-state index contributed by atoms with van der Waals surface area (Å²) in [7, 11) is 1.93. The summed E-state index contributed by atoms with van der Waals surface area (Å²) >= 11 is 0. The minimum atomic E-state index is 0.695. The summed E-state index contributed by atoms with van der Waals surface area (Å²) in [5.74, 6) is 3.07. The molecule has 0 spiro atoms. The van der Waals surface area contributed by atoms with E-state index in [1.54, 1.807) is 0 Å². The van der Waals surface area contributed by atoms with Crippen LogP contribution in [-0.4, -0.2) is 16.6 Å². The highest BCUT2D eigenvalue weighted by molar-refractivity contribution is 5.27. The molecule has 1 rings (SSSR count). The van der Waals surface area contributed by atoms with Gasteiger partial charge in [0.15, 0.2) is 0 Å². The van der Waals surface area contributed by atoms with E-state index in [9.17, 15) is 0 Å². The average molecular weight is 223 g/mol. The van der Waals surface area contributed by atoms with E-state index < -0.39 is 0 Å². The number of anilines is 1. The quantitative estimate of drug-likeness (QED) is 0.831. The number of hydrogen-bond donors (Lipinski definition) is 1. The number of rotatable bonds is 5. The standard InChI is InChI=1S/C13H25N3/c1-9(2)12(10(3)4)8-16-7-11(5)15-13(16)14-6/h7,9-10,12H,8H2,1-6H3,(H,14,15). The van der Waals surface area contributed by atoms with Gasteiger partial charge in [0.05, 0.1) is 5.69 Å². The zero-order valence-electron chi connectivity index (χ0n) is 11.4. The van der Waals surface area contributed by atoms with Gasteiger partial charge in [0.1, 0.15) is 0 Å². The highest BCUT2D eigenvalue weighted by Crippen LogP contribution is 2.24. The van der Waals surface area contributed by atoms with Crippen molar-refractivity contribution in [1.29, 1.82) is 0 Å². The molecule has 0 bridgehead atoms. The lowest BCUT2D eigenvalue weighted by Gasteiger charge is -2.25. The number of imidazole rings is 1. The minimum Gasteiger partial charge on any atom is -0.359 e. The Morgan fingerprint density at radius 3 is 2.25 bits per heavy atom. The molecule has 0 atom stereocenters. The van der Waals surface area contributed by atoms with Crippen molar-refractivity contribution in [3.63, 3.8) is 0 Å². The first-order valence-electron chi connectivity index (χ1n) is 6.17. The lowest BCUT2D eigenvalue weighted by Crippen LogP contribution is -2.22. The fraction of sp³-hybridized carbons (Fsp3) is 0.769. The number of aryl methyl sites for hydroxylation is 1. The predicted octanol–water partition coefficient (Wildman–Crippen LogP) is 3.16. The molecule has 0 fully saturated rings. The van der Waals surface area contributed by atoms with Crippen molar-refractivity contribution in [1.82, 2.24) is 9.55 Å². The van der Waals surface area contributed by atoms with E-state index in [1.807, 2.05) is 14.0 Å². The highest BCUT2D eigenvalue weighted by Gasteiger charge is 2.19. The molecule has 1 heterocycles. The summed E-state index contributed by atoms with van der Waals surface area (Å²) in [5.41, 5.74) is 1.08. The van der Waals surface area contributed by atoms with Crippen LogP contribution < -0.4 is 5.32 Å². The molecular formula is C13H25N3. The minimum absolute atomic E-state index is 0.695. The van der Waals surface area contributed by atoms with Gasteiger partial charge in [0, 0.05) is 19.8 Å². The van der Waals surface area contributed by atoms with Crippen molar-refractivity contribution >= 4 is 5.95 Å². The Bertz CT molecular complexity index is 318. The van der Waals surface area contributed by atoms with Crippen LogP contribution in [0, 0.1) is 24.7 Å². The topological polar surface area (TPSA) is 29.9 Å². The van der Waals surface area contributed by atoms with Crippen molar-refractivity contribution in [2.24, 2.45) is 17.8 Å². The molecule has 0 aliphatic carbocycles. The van der Waals surface area contributed by atoms with Crippen molar-refractivity contribution < 1.29 is 0 Å². The first-order chi connectivity index (χ1) is 7.45. The molecule has 0 aliphatic heterocycles. The third kappa shape index (κ3) is 3.00. The monoisotopic (exact) mass is 223 g/mol. The zero-order valence-corrected chi connectivity index (χ0v) is 11.4. The van der Waals surface area contributed by atoms with Crippen LogP contribution in [0.15, 0.2) is 6.20 Å². The van der Waals surface area contributed by atoms with Gasteiger partial charge in [-0.3, -0.25) is 0 Å². The maximum absolute atomic E-state index is 4.45. The lowest BCUT2D eigenvalue weighted by molar-refractivity contribution is 0.253. The van der Waals surface area contributed by atoms with Crippen LogP contribution in [0.25, 0.3) is 0 Å². The molecular weight excluding hydrogens is 198 g/mol. The van der Waals surface area contributed by atoms with Gasteiger partial charge in [-0.2, -0.15) is 0 Å². The van der Waals surface area contributed by atoms with Gasteiger partial charge in [-0.1, -0.05) is 27.7 Å². The van der Waals surface area contributed by atoms with Crippen LogP contribution in [0.4, 0.5) is 5.95 Å². The molecule has 16 heavy (non-hydrogen) atoms. The largest absolute Gasteiger partial charge is 0.359 e. The first kappa shape index (κ1) is 13.1. The van der Waals surface area contributed by atoms with Crippen molar-refractivity contribution in [3.8, 4) is 0 Å². The van der Waals surface area contributed by atoms with Gasteiger partial charge in [-0.05, 0) is 24.7 Å².